The van der Waals surface area contributed by atoms with Crippen molar-refractivity contribution in [1.29, 1.82) is 0 Å². The molecule has 3 nitrogen and oxygen atoms in total. The van der Waals surface area contributed by atoms with Gasteiger partial charge in [0, 0.05) is 5.92 Å². The molecule has 0 radical (unpaired) electrons. The van der Waals surface area contributed by atoms with Gasteiger partial charge in [0.2, 0.25) is 5.82 Å². The predicted octanol–water partition coefficient (Wildman–Crippen LogP) is 3.72. The fourth-order valence-corrected chi connectivity index (χ4v) is 2.04. The van der Waals surface area contributed by atoms with Crippen molar-refractivity contribution >= 4 is 0 Å². The molecule has 0 spiro atoms. The SMILES string of the molecule is Cc1cc(F)ccc1-c1c(O)c(F)c(C(C)C)oc1=O. The van der Waals surface area contributed by atoms with Gasteiger partial charge >= 0.3 is 5.63 Å². The van der Waals surface area contributed by atoms with Crippen molar-refractivity contribution in [2.45, 2.75) is 26.7 Å². The highest BCUT2D eigenvalue weighted by Crippen LogP contribution is 2.34. The van der Waals surface area contributed by atoms with Crippen LogP contribution < -0.4 is 5.63 Å². The van der Waals surface area contributed by atoms with Gasteiger partial charge in [-0.15, -0.1) is 0 Å². The van der Waals surface area contributed by atoms with Gasteiger partial charge in [-0.25, -0.2) is 9.18 Å². The van der Waals surface area contributed by atoms with Gasteiger partial charge in [-0.05, 0) is 30.2 Å². The summed E-state index contributed by atoms with van der Waals surface area (Å²) in [6, 6.07) is 3.64. The van der Waals surface area contributed by atoms with Crippen LogP contribution in [0, 0.1) is 18.6 Å². The first-order chi connectivity index (χ1) is 9.32. The maximum Gasteiger partial charge on any atom is 0.347 e. The van der Waals surface area contributed by atoms with Crippen LogP contribution in [0.5, 0.6) is 5.75 Å². The Kier molecular flexibility index (Phi) is 3.61. The van der Waals surface area contributed by atoms with Gasteiger partial charge in [0.1, 0.15) is 17.1 Å². The van der Waals surface area contributed by atoms with Crippen LogP contribution in [-0.4, -0.2) is 5.11 Å². The third-order valence-corrected chi connectivity index (χ3v) is 3.05. The smallest absolute Gasteiger partial charge is 0.347 e. The zero-order valence-corrected chi connectivity index (χ0v) is 11.3. The average Bonchev–Trinajstić information content (AvgIpc) is 2.36. The van der Waals surface area contributed by atoms with Crippen molar-refractivity contribution in [3.05, 3.63) is 51.6 Å². The lowest BCUT2D eigenvalue weighted by atomic mass is 10.00. The van der Waals surface area contributed by atoms with Crippen LogP contribution in [0.2, 0.25) is 0 Å². The monoisotopic (exact) mass is 280 g/mol. The van der Waals surface area contributed by atoms with E-state index >= 15 is 0 Å². The lowest BCUT2D eigenvalue weighted by Crippen LogP contribution is -2.10. The van der Waals surface area contributed by atoms with Crippen LogP contribution in [-0.2, 0) is 0 Å². The Labute approximate surface area is 114 Å². The molecule has 2 rings (SSSR count). The standard InChI is InChI=1S/C15H14F2O3/c1-7(2)14-12(17)13(18)11(15(19)20-14)10-5-4-9(16)6-8(10)3/h4-7,18H,1-3H3. The van der Waals surface area contributed by atoms with Gasteiger partial charge in [-0.3, -0.25) is 0 Å². The molecule has 1 heterocycles. The van der Waals surface area contributed by atoms with Crippen molar-refractivity contribution in [3.8, 4) is 16.9 Å². The van der Waals surface area contributed by atoms with E-state index in [0.717, 1.165) is 6.07 Å². The van der Waals surface area contributed by atoms with Crippen molar-refractivity contribution in [2.24, 2.45) is 0 Å². The molecule has 0 fully saturated rings. The first kappa shape index (κ1) is 14.2. The lowest BCUT2D eigenvalue weighted by molar-refractivity contribution is 0.358. The molecule has 1 aromatic carbocycles. The van der Waals surface area contributed by atoms with Gasteiger partial charge in [0.05, 0.1) is 0 Å². The Hall–Kier alpha value is -2.17. The Balaban J connectivity index is 2.76. The molecular weight excluding hydrogens is 266 g/mol. The molecule has 0 aliphatic carbocycles. The molecule has 20 heavy (non-hydrogen) atoms. The van der Waals surface area contributed by atoms with Gasteiger partial charge < -0.3 is 9.52 Å². The largest absolute Gasteiger partial charge is 0.504 e. The van der Waals surface area contributed by atoms with E-state index in [2.05, 4.69) is 0 Å². The third-order valence-electron chi connectivity index (χ3n) is 3.05. The fraction of sp³-hybridized carbons (Fsp3) is 0.267. The maximum atomic E-state index is 14.0. The lowest BCUT2D eigenvalue weighted by Gasteiger charge is -2.11. The van der Waals surface area contributed by atoms with E-state index in [4.69, 9.17) is 4.42 Å². The summed E-state index contributed by atoms with van der Waals surface area (Å²) in [5, 5.41) is 9.93. The average molecular weight is 280 g/mol. The van der Waals surface area contributed by atoms with Crippen LogP contribution in [0.1, 0.15) is 31.1 Å². The number of aromatic hydroxyl groups is 1. The second-order valence-electron chi connectivity index (χ2n) is 4.91. The number of rotatable bonds is 2. The molecule has 0 aliphatic heterocycles. The molecule has 0 saturated carbocycles. The van der Waals surface area contributed by atoms with Gasteiger partial charge in [0.25, 0.3) is 0 Å². The topological polar surface area (TPSA) is 50.4 Å². The van der Waals surface area contributed by atoms with Crippen molar-refractivity contribution in [1.82, 2.24) is 0 Å². The first-order valence-electron chi connectivity index (χ1n) is 6.15. The molecule has 0 unspecified atom stereocenters. The highest BCUT2D eigenvalue weighted by Gasteiger charge is 2.23. The molecule has 0 atom stereocenters. The summed E-state index contributed by atoms with van der Waals surface area (Å²) in [7, 11) is 0. The molecule has 1 N–H and O–H groups in total. The summed E-state index contributed by atoms with van der Waals surface area (Å²) >= 11 is 0. The van der Waals surface area contributed by atoms with E-state index in [1.54, 1.807) is 20.8 Å². The number of benzene rings is 1. The fourth-order valence-electron chi connectivity index (χ4n) is 2.04. The number of aryl methyl sites for hydroxylation is 1. The normalized spacial score (nSPS) is 11.1. The Morgan fingerprint density at radius 1 is 1.25 bits per heavy atom. The molecule has 2 aromatic rings. The van der Waals surface area contributed by atoms with Gasteiger partial charge in [-0.1, -0.05) is 19.9 Å². The van der Waals surface area contributed by atoms with E-state index in [-0.39, 0.29) is 22.8 Å². The zero-order chi connectivity index (χ0) is 15.0. The first-order valence-corrected chi connectivity index (χ1v) is 6.15. The minimum absolute atomic E-state index is 0.198. The minimum Gasteiger partial charge on any atom is -0.504 e. The Morgan fingerprint density at radius 2 is 1.90 bits per heavy atom. The van der Waals surface area contributed by atoms with Crippen LogP contribution in [0.4, 0.5) is 8.78 Å². The Morgan fingerprint density at radius 3 is 2.45 bits per heavy atom. The molecule has 0 saturated heterocycles. The highest BCUT2D eigenvalue weighted by molar-refractivity contribution is 5.72. The molecule has 1 aromatic heterocycles. The van der Waals surface area contributed by atoms with E-state index in [1.807, 2.05) is 0 Å². The second-order valence-corrected chi connectivity index (χ2v) is 4.91. The molecule has 0 amide bonds. The summed E-state index contributed by atoms with van der Waals surface area (Å²) in [5.74, 6) is -2.78. The molecule has 5 heteroatoms. The summed E-state index contributed by atoms with van der Waals surface area (Å²) in [6.07, 6.45) is 0. The highest BCUT2D eigenvalue weighted by atomic mass is 19.1. The van der Waals surface area contributed by atoms with E-state index in [0.29, 0.717) is 5.56 Å². The van der Waals surface area contributed by atoms with Crippen molar-refractivity contribution in [3.63, 3.8) is 0 Å². The zero-order valence-electron chi connectivity index (χ0n) is 11.3. The predicted molar refractivity (Wildman–Crippen MR) is 70.8 cm³/mol. The van der Waals surface area contributed by atoms with E-state index in [1.165, 1.54) is 12.1 Å². The van der Waals surface area contributed by atoms with Crippen molar-refractivity contribution < 1.29 is 18.3 Å². The van der Waals surface area contributed by atoms with Crippen molar-refractivity contribution in [2.75, 3.05) is 0 Å². The summed E-state index contributed by atoms with van der Waals surface area (Å²) in [6.45, 7) is 4.85. The minimum atomic E-state index is -0.960. The number of hydrogen-bond donors (Lipinski definition) is 1. The number of hydrogen-bond acceptors (Lipinski definition) is 3. The second kappa shape index (κ2) is 5.07. The van der Waals surface area contributed by atoms with E-state index < -0.39 is 23.0 Å². The van der Waals surface area contributed by atoms with Crippen LogP contribution in [0.25, 0.3) is 11.1 Å². The van der Waals surface area contributed by atoms with Crippen LogP contribution in [0.15, 0.2) is 27.4 Å². The number of halogens is 2. The molecular formula is C15H14F2O3. The summed E-state index contributed by atoms with van der Waals surface area (Å²) in [4.78, 5) is 12.0. The molecule has 0 aliphatic rings. The van der Waals surface area contributed by atoms with Gasteiger partial charge in [-0.2, -0.15) is 4.39 Å². The molecule has 0 bridgehead atoms. The quantitative estimate of drug-likeness (QED) is 0.912. The summed E-state index contributed by atoms with van der Waals surface area (Å²) in [5.41, 5.74) is -0.483. The Bertz CT molecular complexity index is 718. The molecule has 106 valence electrons. The van der Waals surface area contributed by atoms with E-state index in [9.17, 15) is 18.7 Å². The summed E-state index contributed by atoms with van der Waals surface area (Å²) < 4.78 is 32.0. The van der Waals surface area contributed by atoms with Crippen LogP contribution in [0.3, 0.4) is 0 Å². The third kappa shape index (κ3) is 2.31. The van der Waals surface area contributed by atoms with Crippen LogP contribution >= 0.6 is 0 Å². The van der Waals surface area contributed by atoms with Gasteiger partial charge in [0.15, 0.2) is 5.75 Å². The maximum absolute atomic E-state index is 14.0.